The van der Waals surface area contributed by atoms with Gasteiger partial charge in [-0.15, -0.1) is 0 Å². The first-order chi connectivity index (χ1) is 13.0. The number of amides is 3. The molecule has 0 aliphatic carbocycles. The number of anilines is 2. The third-order valence-corrected chi connectivity index (χ3v) is 4.43. The Hall–Kier alpha value is -2.87. The van der Waals surface area contributed by atoms with Crippen LogP contribution in [-0.4, -0.2) is 37.4 Å². The lowest BCUT2D eigenvalue weighted by atomic mass is 10.2. The third-order valence-electron chi connectivity index (χ3n) is 3.93. The van der Waals surface area contributed by atoms with E-state index in [9.17, 15) is 14.4 Å². The van der Waals surface area contributed by atoms with Crippen LogP contribution in [0.1, 0.15) is 17.3 Å². The molecule has 8 heteroatoms. The summed E-state index contributed by atoms with van der Waals surface area (Å²) in [7, 11) is 0. The molecule has 3 amide bonds. The van der Waals surface area contributed by atoms with Crippen LogP contribution in [0.4, 0.5) is 11.4 Å². The molecule has 0 atom stereocenters. The van der Waals surface area contributed by atoms with E-state index in [1.54, 1.807) is 42.5 Å². The number of carbonyl (C=O) groups is 3. The van der Waals surface area contributed by atoms with Crippen LogP contribution < -0.4 is 20.3 Å². The maximum absolute atomic E-state index is 12.4. The van der Waals surface area contributed by atoms with E-state index >= 15 is 0 Å². The van der Waals surface area contributed by atoms with Gasteiger partial charge in [-0.25, -0.2) is 0 Å². The Morgan fingerprint density at radius 2 is 1.93 bits per heavy atom. The van der Waals surface area contributed by atoms with E-state index in [1.807, 2.05) is 6.92 Å². The van der Waals surface area contributed by atoms with Gasteiger partial charge >= 0.3 is 0 Å². The van der Waals surface area contributed by atoms with Crippen molar-refractivity contribution in [3.05, 3.63) is 52.5 Å². The van der Waals surface area contributed by atoms with Crippen molar-refractivity contribution in [1.82, 2.24) is 5.32 Å². The van der Waals surface area contributed by atoms with Crippen molar-refractivity contribution < 1.29 is 19.1 Å². The van der Waals surface area contributed by atoms with Gasteiger partial charge in [0.05, 0.1) is 5.69 Å². The van der Waals surface area contributed by atoms with E-state index in [-0.39, 0.29) is 30.9 Å². The van der Waals surface area contributed by atoms with E-state index in [0.29, 0.717) is 29.2 Å². The van der Waals surface area contributed by atoms with Crippen LogP contribution in [0.5, 0.6) is 5.75 Å². The molecule has 0 unspecified atom stereocenters. The second kappa shape index (κ2) is 8.22. The van der Waals surface area contributed by atoms with E-state index in [1.165, 1.54) is 4.90 Å². The van der Waals surface area contributed by atoms with Crippen LogP contribution >= 0.6 is 15.9 Å². The van der Waals surface area contributed by atoms with Crippen LogP contribution in [-0.2, 0) is 9.59 Å². The minimum absolute atomic E-state index is 0.113. The van der Waals surface area contributed by atoms with Gasteiger partial charge in [0.2, 0.25) is 5.91 Å². The maximum atomic E-state index is 12.4. The minimum atomic E-state index is -0.343. The Kier molecular flexibility index (Phi) is 5.75. The van der Waals surface area contributed by atoms with Crippen molar-refractivity contribution >= 4 is 45.0 Å². The largest absolute Gasteiger partial charge is 0.482 e. The number of hydrogen-bond acceptors (Lipinski definition) is 4. The van der Waals surface area contributed by atoms with E-state index in [2.05, 4.69) is 26.6 Å². The fourth-order valence-corrected chi connectivity index (χ4v) is 3.00. The SMILES string of the molecule is CCNC(=O)c1ccc(NC(=O)CN2C(=O)COc3cc(Br)ccc32)cc1. The molecule has 1 aliphatic rings. The quantitative estimate of drug-likeness (QED) is 0.761. The molecular formula is C19H18BrN3O4. The van der Waals surface area contributed by atoms with E-state index in [4.69, 9.17) is 4.74 Å². The predicted molar refractivity (Wildman–Crippen MR) is 105 cm³/mol. The normalized spacial score (nSPS) is 12.8. The van der Waals surface area contributed by atoms with Crippen molar-refractivity contribution in [3.63, 3.8) is 0 Å². The monoisotopic (exact) mass is 431 g/mol. The number of nitrogens with one attached hydrogen (secondary N) is 2. The first-order valence-corrected chi connectivity index (χ1v) is 9.18. The molecule has 1 aliphatic heterocycles. The van der Waals surface area contributed by atoms with Gasteiger partial charge in [0.1, 0.15) is 12.3 Å². The van der Waals surface area contributed by atoms with Gasteiger partial charge in [-0.05, 0) is 49.4 Å². The van der Waals surface area contributed by atoms with Gasteiger partial charge in [-0.2, -0.15) is 0 Å². The fraction of sp³-hybridized carbons (Fsp3) is 0.211. The molecule has 0 spiro atoms. The summed E-state index contributed by atoms with van der Waals surface area (Å²) in [6.45, 7) is 2.14. The lowest BCUT2D eigenvalue weighted by molar-refractivity contribution is -0.123. The summed E-state index contributed by atoms with van der Waals surface area (Å²) in [6.07, 6.45) is 0. The Labute approximate surface area is 164 Å². The summed E-state index contributed by atoms with van der Waals surface area (Å²) in [4.78, 5) is 37.7. The maximum Gasteiger partial charge on any atom is 0.265 e. The van der Waals surface area contributed by atoms with Crippen molar-refractivity contribution in [3.8, 4) is 5.75 Å². The number of rotatable bonds is 5. The molecule has 3 rings (SSSR count). The average molecular weight is 432 g/mol. The molecule has 2 N–H and O–H groups in total. The molecule has 0 saturated carbocycles. The zero-order valence-corrected chi connectivity index (χ0v) is 16.2. The summed E-state index contributed by atoms with van der Waals surface area (Å²) < 4.78 is 6.24. The van der Waals surface area contributed by atoms with Crippen molar-refractivity contribution in [2.24, 2.45) is 0 Å². The van der Waals surface area contributed by atoms with Gasteiger partial charge in [-0.3, -0.25) is 19.3 Å². The standard InChI is InChI=1S/C19H18BrN3O4/c1-2-21-19(26)12-3-6-14(7-4-12)22-17(24)10-23-15-8-5-13(20)9-16(15)27-11-18(23)25/h3-9H,2,10-11H2,1H3,(H,21,26)(H,22,24). The summed E-state index contributed by atoms with van der Waals surface area (Å²) in [5.74, 6) is -0.253. The van der Waals surface area contributed by atoms with E-state index < -0.39 is 0 Å². The average Bonchev–Trinajstić information content (AvgIpc) is 2.65. The lowest BCUT2D eigenvalue weighted by Gasteiger charge is -2.29. The number of ether oxygens (including phenoxy) is 1. The van der Waals surface area contributed by atoms with Crippen LogP contribution in [0.25, 0.3) is 0 Å². The zero-order valence-electron chi connectivity index (χ0n) is 14.6. The Bertz CT molecular complexity index is 883. The number of nitrogens with zero attached hydrogens (tertiary/aromatic N) is 1. The van der Waals surface area contributed by atoms with Gasteiger partial charge in [-0.1, -0.05) is 15.9 Å². The number of benzene rings is 2. The molecule has 0 radical (unpaired) electrons. The van der Waals surface area contributed by atoms with Gasteiger partial charge < -0.3 is 15.4 Å². The van der Waals surface area contributed by atoms with Crippen molar-refractivity contribution in [2.45, 2.75) is 6.92 Å². The third kappa shape index (κ3) is 4.46. The molecule has 27 heavy (non-hydrogen) atoms. The second-order valence-corrected chi connectivity index (χ2v) is 6.78. The second-order valence-electron chi connectivity index (χ2n) is 5.87. The van der Waals surface area contributed by atoms with Crippen LogP contribution in [0.2, 0.25) is 0 Å². The fourth-order valence-electron chi connectivity index (χ4n) is 2.66. The first kappa shape index (κ1) is 18.9. The first-order valence-electron chi connectivity index (χ1n) is 8.38. The smallest absolute Gasteiger partial charge is 0.265 e. The molecule has 140 valence electrons. The molecule has 0 bridgehead atoms. The topological polar surface area (TPSA) is 87.7 Å². The van der Waals surface area contributed by atoms with Crippen LogP contribution in [0.15, 0.2) is 46.9 Å². The number of carbonyl (C=O) groups excluding carboxylic acids is 3. The van der Waals surface area contributed by atoms with E-state index in [0.717, 1.165) is 4.47 Å². The summed E-state index contributed by atoms with van der Waals surface area (Å²) in [5.41, 5.74) is 1.61. The number of halogens is 1. The predicted octanol–water partition coefficient (Wildman–Crippen LogP) is 2.56. The number of hydrogen-bond donors (Lipinski definition) is 2. The Morgan fingerprint density at radius 1 is 1.19 bits per heavy atom. The summed E-state index contributed by atoms with van der Waals surface area (Å²) in [6, 6.07) is 11.8. The van der Waals surface area contributed by atoms with Gasteiger partial charge in [0.25, 0.3) is 11.8 Å². The molecular weight excluding hydrogens is 414 g/mol. The summed E-state index contributed by atoms with van der Waals surface area (Å²) >= 11 is 3.36. The highest BCUT2D eigenvalue weighted by molar-refractivity contribution is 9.10. The van der Waals surface area contributed by atoms with Gasteiger partial charge in [0, 0.05) is 22.3 Å². The molecule has 0 fully saturated rings. The highest BCUT2D eigenvalue weighted by Crippen LogP contribution is 2.34. The Balaban J connectivity index is 1.67. The van der Waals surface area contributed by atoms with Crippen LogP contribution in [0.3, 0.4) is 0 Å². The highest BCUT2D eigenvalue weighted by Gasteiger charge is 2.27. The molecule has 1 heterocycles. The lowest BCUT2D eigenvalue weighted by Crippen LogP contribution is -2.43. The molecule has 2 aromatic carbocycles. The summed E-state index contributed by atoms with van der Waals surface area (Å²) in [5, 5.41) is 5.44. The molecule has 7 nitrogen and oxygen atoms in total. The molecule has 0 aromatic heterocycles. The molecule has 0 saturated heterocycles. The van der Waals surface area contributed by atoms with Crippen LogP contribution in [0, 0.1) is 0 Å². The molecule has 2 aromatic rings. The Morgan fingerprint density at radius 3 is 2.63 bits per heavy atom. The zero-order chi connectivity index (χ0) is 19.4. The minimum Gasteiger partial charge on any atom is -0.482 e. The van der Waals surface area contributed by atoms with Crippen molar-refractivity contribution in [1.29, 1.82) is 0 Å². The van der Waals surface area contributed by atoms with Gasteiger partial charge in [0.15, 0.2) is 6.61 Å². The van der Waals surface area contributed by atoms with Crippen molar-refractivity contribution in [2.75, 3.05) is 29.9 Å². The number of fused-ring (bicyclic) bond motifs is 1. The highest BCUT2D eigenvalue weighted by atomic mass is 79.9.